The Morgan fingerprint density at radius 2 is 1.75 bits per heavy atom. The molecule has 0 saturated carbocycles. The first-order chi connectivity index (χ1) is 13.0. The minimum atomic E-state index is -0.574. The molecule has 9 nitrogen and oxygen atoms in total. The predicted molar refractivity (Wildman–Crippen MR) is 104 cm³/mol. The molecule has 0 radical (unpaired) electrons. The molecule has 0 aromatic heterocycles. The van der Waals surface area contributed by atoms with Crippen LogP contribution in [0.15, 0.2) is 0 Å². The summed E-state index contributed by atoms with van der Waals surface area (Å²) in [6.07, 6.45) is 0.446. The van der Waals surface area contributed by atoms with Gasteiger partial charge in [0.25, 0.3) is 0 Å². The topological polar surface area (TPSA) is 117 Å². The van der Waals surface area contributed by atoms with Gasteiger partial charge in [0.05, 0.1) is 5.92 Å². The SMILES string of the molecule is CC(C)N1CC(C(=O)NCCCNC(=O)CCNC(=O)OC(C)(C)C)CC1=O. The second-order valence-corrected chi connectivity index (χ2v) is 8.21. The molecule has 0 aliphatic carbocycles. The number of amides is 4. The fourth-order valence-electron chi connectivity index (χ4n) is 2.76. The maximum absolute atomic E-state index is 12.1. The molecule has 1 saturated heterocycles. The highest BCUT2D eigenvalue weighted by atomic mass is 16.6. The maximum atomic E-state index is 12.1. The van der Waals surface area contributed by atoms with Crippen molar-refractivity contribution >= 4 is 23.8 Å². The molecule has 1 aliphatic heterocycles. The van der Waals surface area contributed by atoms with Crippen molar-refractivity contribution < 1.29 is 23.9 Å². The molecule has 9 heteroatoms. The van der Waals surface area contributed by atoms with Crippen molar-refractivity contribution in [1.82, 2.24) is 20.9 Å². The van der Waals surface area contributed by atoms with E-state index in [2.05, 4.69) is 16.0 Å². The number of alkyl carbamates (subject to hydrolysis) is 1. The standard InChI is InChI=1S/C19H34N4O5/c1-13(2)23-12-14(11-16(23)25)17(26)21-9-6-8-20-15(24)7-10-22-18(27)28-19(3,4)5/h13-14H,6-12H2,1-5H3,(H,20,24)(H,21,26)(H,22,27). The number of nitrogens with one attached hydrogen (secondary N) is 3. The number of likely N-dealkylation sites (tertiary alicyclic amines) is 1. The quantitative estimate of drug-likeness (QED) is 0.496. The van der Waals surface area contributed by atoms with E-state index in [1.807, 2.05) is 13.8 Å². The lowest BCUT2D eigenvalue weighted by atomic mass is 10.1. The van der Waals surface area contributed by atoms with E-state index >= 15 is 0 Å². The number of hydrogen-bond acceptors (Lipinski definition) is 5. The highest BCUT2D eigenvalue weighted by Gasteiger charge is 2.35. The molecule has 28 heavy (non-hydrogen) atoms. The van der Waals surface area contributed by atoms with Crippen LogP contribution in [0.5, 0.6) is 0 Å². The molecule has 1 heterocycles. The molecule has 0 aromatic carbocycles. The Hall–Kier alpha value is -2.32. The summed E-state index contributed by atoms with van der Waals surface area (Å²) in [6.45, 7) is 10.7. The van der Waals surface area contributed by atoms with E-state index in [9.17, 15) is 19.2 Å². The lowest BCUT2D eigenvalue weighted by molar-refractivity contribution is -0.130. The van der Waals surface area contributed by atoms with Gasteiger partial charge in [-0.1, -0.05) is 0 Å². The van der Waals surface area contributed by atoms with Crippen LogP contribution in [0.3, 0.4) is 0 Å². The predicted octanol–water partition coefficient (Wildman–Crippen LogP) is 0.781. The average molecular weight is 399 g/mol. The minimum absolute atomic E-state index is 0.0161. The monoisotopic (exact) mass is 398 g/mol. The molecule has 1 atom stereocenters. The Morgan fingerprint density at radius 1 is 1.11 bits per heavy atom. The van der Waals surface area contributed by atoms with E-state index in [1.54, 1.807) is 25.7 Å². The van der Waals surface area contributed by atoms with Gasteiger partial charge in [0.1, 0.15) is 5.60 Å². The number of carbonyl (C=O) groups is 4. The van der Waals surface area contributed by atoms with Crippen LogP contribution < -0.4 is 16.0 Å². The van der Waals surface area contributed by atoms with Crippen molar-refractivity contribution in [1.29, 1.82) is 0 Å². The third-order valence-corrected chi connectivity index (χ3v) is 4.15. The summed E-state index contributed by atoms with van der Waals surface area (Å²) in [5.74, 6) is -0.591. The van der Waals surface area contributed by atoms with Gasteiger partial charge in [-0.2, -0.15) is 0 Å². The summed E-state index contributed by atoms with van der Waals surface area (Å²) in [5.41, 5.74) is -0.574. The first kappa shape index (κ1) is 23.7. The summed E-state index contributed by atoms with van der Waals surface area (Å²) in [7, 11) is 0. The first-order valence-electron chi connectivity index (χ1n) is 9.80. The van der Waals surface area contributed by atoms with Crippen LogP contribution >= 0.6 is 0 Å². The second-order valence-electron chi connectivity index (χ2n) is 8.21. The Labute approximate surface area is 166 Å². The van der Waals surface area contributed by atoms with Gasteiger partial charge in [-0.25, -0.2) is 4.79 Å². The summed E-state index contributed by atoms with van der Waals surface area (Å²) >= 11 is 0. The van der Waals surface area contributed by atoms with Gasteiger partial charge in [-0.3, -0.25) is 14.4 Å². The molecule has 0 spiro atoms. The van der Waals surface area contributed by atoms with Crippen LogP contribution in [0, 0.1) is 5.92 Å². The molecule has 1 unspecified atom stereocenters. The second kappa shape index (κ2) is 10.9. The van der Waals surface area contributed by atoms with E-state index in [4.69, 9.17) is 4.74 Å². The van der Waals surface area contributed by atoms with Gasteiger partial charge in [0.2, 0.25) is 17.7 Å². The normalized spacial score (nSPS) is 16.9. The largest absolute Gasteiger partial charge is 0.444 e. The van der Waals surface area contributed by atoms with Crippen LogP contribution in [-0.4, -0.2) is 66.5 Å². The molecular weight excluding hydrogens is 364 g/mol. The Kier molecular flexibility index (Phi) is 9.21. The third kappa shape index (κ3) is 9.05. The number of ether oxygens (including phenoxy) is 1. The Morgan fingerprint density at radius 3 is 2.32 bits per heavy atom. The van der Waals surface area contributed by atoms with E-state index in [-0.39, 0.29) is 49.1 Å². The van der Waals surface area contributed by atoms with Crippen LogP contribution in [0.1, 0.15) is 53.9 Å². The molecular formula is C19H34N4O5. The number of nitrogens with zero attached hydrogens (tertiary/aromatic N) is 1. The van der Waals surface area contributed by atoms with Gasteiger partial charge in [0, 0.05) is 45.1 Å². The van der Waals surface area contributed by atoms with Crippen molar-refractivity contribution in [3.05, 3.63) is 0 Å². The van der Waals surface area contributed by atoms with Crippen LogP contribution in [0.25, 0.3) is 0 Å². The molecule has 0 bridgehead atoms. The molecule has 0 aromatic rings. The molecule has 4 amide bonds. The Balaban J connectivity index is 2.09. The van der Waals surface area contributed by atoms with Crippen molar-refractivity contribution in [2.45, 2.75) is 65.5 Å². The maximum Gasteiger partial charge on any atom is 0.407 e. The van der Waals surface area contributed by atoms with Crippen molar-refractivity contribution in [3.8, 4) is 0 Å². The van der Waals surface area contributed by atoms with E-state index in [0.29, 0.717) is 26.1 Å². The highest BCUT2D eigenvalue weighted by molar-refractivity contribution is 5.89. The van der Waals surface area contributed by atoms with Gasteiger partial charge in [-0.05, 0) is 41.0 Å². The van der Waals surface area contributed by atoms with Crippen molar-refractivity contribution in [3.63, 3.8) is 0 Å². The number of hydrogen-bond donors (Lipinski definition) is 3. The van der Waals surface area contributed by atoms with Gasteiger partial charge in [0.15, 0.2) is 0 Å². The highest BCUT2D eigenvalue weighted by Crippen LogP contribution is 2.20. The molecule has 160 valence electrons. The number of rotatable bonds is 9. The minimum Gasteiger partial charge on any atom is -0.444 e. The molecule has 1 aliphatic rings. The number of carbonyl (C=O) groups excluding carboxylic acids is 4. The van der Waals surface area contributed by atoms with Crippen LogP contribution in [-0.2, 0) is 19.1 Å². The van der Waals surface area contributed by atoms with Crippen molar-refractivity contribution in [2.24, 2.45) is 5.92 Å². The smallest absolute Gasteiger partial charge is 0.407 e. The zero-order valence-corrected chi connectivity index (χ0v) is 17.6. The molecule has 1 fully saturated rings. The zero-order chi connectivity index (χ0) is 21.3. The van der Waals surface area contributed by atoms with Gasteiger partial charge < -0.3 is 25.6 Å². The lowest BCUT2D eigenvalue weighted by Crippen LogP contribution is -2.37. The van der Waals surface area contributed by atoms with Crippen LogP contribution in [0.4, 0.5) is 4.79 Å². The van der Waals surface area contributed by atoms with Gasteiger partial charge >= 0.3 is 6.09 Å². The van der Waals surface area contributed by atoms with E-state index in [0.717, 1.165) is 0 Å². The summed E-state index contributed by atoms with van der Waals surface area (Å²) in [5, 5.41) is 8.07. The van der Waals surface area contributed by atoms with Crippen molar-refractivity contribution in [2.75, 3.05) is 26.2 Å². The fourth-order valence-corrected chi connectivity index (χ4v) is 2.76. The van der Waals surface area contributed by atoms with Crippen LogP contribution in [0.2, 0.25) is 0 Å². The molecule has 3 N–H and O–H groups in total. The average Bonchev–Trinajstić information content (AvgIpc) is 2.95. The van der Waals surface area contributed by atoms with Gasteiger partial charge in [-0.15, -0.1) is 0 Å². The fraction of sp³-hybridized carbons (Fsp3) is 0.789. The molecule has 1 rings (SSSR count). The van der Waals surface area contributed by atoms with E-state index in [1.165, 1.54) is 0 Å². The summed E-state index contributed by atoms with van der Waals surface area (Å²) in [4.78, 5) is 48.9. The summed E-state index contributed by atoms with van der Waals surface area (Å²) in [6, 6.07) is 0.102. The summed E-state index contributed by atoms with van der Waals surface area (Å²) < 4.78 is 5.08. The Bertz CT molecular complexity index is 571. The zero-order valence-electron chi connectivity index (χ0n) is 17.6. The van der Waals surface area contributed by atoms with E-state index < -0.39 is 11.7 Å². The first-order valence-corrected chi connectivity index (χ1v) is 9.80. The lowest BCUT2D eigenvalue weighted by Gasteiger charge is -2.20. The third-order valence-electron chi connectivity index (χ3n) is 4.15.